The highest BCUT2D eigenvalue weighted by atomic mass is 16.5. The van der Waals surface area contributed by atoms with Crippen molar-refractivity contribution in [3.63, 3.8) is 0 Å². The van der Waals surface area contributed by atoms with Gasteiger partial charge in [0.25, 0.3) is 0 Å². The van der Waals surface area contributed by atoms with E-state index in [-0.39, 0.29) is 23.4 Å². The average molecular weight is 262 g/mol. The summed E-state index contributed by atoms with van der Waals surface area (Å²) in [4.78, 5) is 12.4. The van der Waals surface area contributed by atoms with E-state index in [9.17, 15) is 4.79 Å². The highest BCUT2D eigenvalue weighted by Gasteiger charge is 2.56. The molecule has 3 atom stereocenters. The molecule has 0 amide bonds. The highest BCUT2D eigenvalue weighted by Crippen LogP contribution is 2.60. The quantitative estimate of drug-likeness (QED) is 0.565. The second-order valence-corrected chi connectivity index (χ2v) is 7.04. The van der Waals surface area contributed by atoms with E-state index in [1.165, 1.54) is 38.5 Å². The summed E-state index contributed by atoms with van der Waals surface area (Å²) in [7, 11) is 0. The lowest BCUT2D eigenvalue weighted by Crippen LogP contribution is -2.39. The Labute approximate surface area is 116 Å². The number of hydrogen-bond acceptors (Lipinski definition) is 2. The van der Waals surface area contributed by atoms with Crippen molar-refractivity contribution in [3.8, 4) is 0 Å². The molecule has 3 rings (SSSR count). The smallest absolute Gasteiger partial charge is 0.310 e. The Balaban J connectivity index is 1.80. The third kappa shape index (κ3) is 2.23. The van der Waals surface area contributed by atoms with Gasteiger partial charge in [-0.3, -0.25) is 4.79 Å². The molecule has 0 N–H and O–H groups in total. The van der Waals surface area contributed by atoms with Gasteiger partial charge in [0.15, 0.2) is 0 Å². The first-order valence-corrected chi connectivity index (χ1v) is 8.01. The Hall–Kier alpha value is -0.790. The van der Waals surface area contributed by atoms with Crippen LogP contribution in [0.3, 0.4) is 0 Å². The van der Waals surface area contributed by atoms with Gasteiger partial charge in [-0.1, -0.05) is 31.4 Å². The number of ether oxygens (including phenoxy) is 1. The van der Waals surface area contributed by atoms with E-state index in [1.54, 1.807) is 0 Å². The Morgan fingerprint density at radius 1 is 1.26 bits per heavy atom. The SMILES string of the molecule is CC(C)OC(=O)C1CC2C=CC1(C1CCCCC1)C2. The maximum atomic E-state index is 12.4. The Morgan fingerprint density at radius 3 is 2.63 bits per heavy atom. The maximum absolute atomic E-state index is 12.4. The third-order valence-corrected chi connectivity index (χ3v) is 5.48. The molecule has 2 saturated carbocycles. The predicted octanol–water partition coefficient (Wildman–Crippen LogP) is 4.10. The molecule has 19 heavy (non-hydrogen) atoms. The summed E-state index contributed by atoms with van der Waals surface area (Å²) < 4.78 is 5.53. The van der Waals surface area contributed by atoms with Crippen LogP contribution in [0.2, 0.25) is 0 Å². The van der Waals surface area contributed by atoms with Crippen molar-refractivity contribution in [3.05, 3.63) is 12.2 Å². The molecule has 3 aliphatic carbocycles. The summed E-state index contributed by atoms with van der Waals surface area (Å²) in [6.45, 7) is 3.91. The van der Waals surface area contributed by atoms with Crippen molar-refractivity contribution in [2.24, 2.45) is 23.2 Å². The second kappa shape index (κ2) is 4.96. The summed E-state index contributed by atoms with van der Waals surface area (Å²) >= 11 is 0. The van der Waals surface area contributed by atoms with Gasteiger partial charge in [-0.25, -0.2) is 0 Å². The second-order valence-electron chi connectivity index (χ2n) is 7.04. The number of hydrogen-bond donors (Lipinski definition) is 0. The molecule has 0 heterocycles. The molecule has 2 bridgehead atoms. The molecule has 3 unspecified atom stereocenters. The van der Waals surface area contributed by atoms with E-state index in [1.807, 2.05) is 13.8 Å². The van der Waals surface area contributed by atoms with Crippen LogP contribution in [0.15, 0.2) is 12.2 Å². The molecule has 2 heteroatoms. The van der Waals surface area contributed by atoms with Crippen LogP contribution in [0.25, 0.3) is 0 Å². The van der Waals surface area contributed by atoms with Crippen LogP contribution >= 0.6 is 0 Å². The number of fused-ring (bicyclic) bond motifs is 2. The first kappa shape index (κ1) is 13.2. The van der Waals surface area contributed by atoms with Crippen LogP contribution in [0.5, 0.6) is 0 Å². The molecule has 0 saturated heterocycles. The van der Waals surface area contributed by atoms with E-state index in [0.717, 1.165) is 12.3 Å². The molecule has 2 fully saturated rings. The van der Waals surface area contributed by atoms with Crippen molar-refractivity contribution in [1.29, 1.82) is 0 Å². The summed E-state index contributed by atoms with van der Waals surface area (Å²) in [6.07, 6.45) is 13.7. The summed E-state index contributed by atoms with van der Waals surface area (Å²) in [5.41, 5.74) is 0.150. The first-order chi connectivity index (χ1) is 9.12. The van der Waals surface area contributed by atoms with Crippen LogP contribution in [-0.4, -0.2) is 12.1 Å². The van der Waals surface area contributed by atoms with Crippen LogP contribution in [0.4, 0.5) is 0 Å². The lowest BCUT2D eigenvalue weighted by atomic mass is 9.64. The molecule has 0 aromatic carbocycles. The van der Waals surface area contributed by atoms with E-state index in [4.69, 9.17) is 4.74 Å². The Kier molecular flexibility index (Phi) is 3.44. The predicted molar refractivity (Wildman–Crippen MR) is 75.6 cm³/mol. The van der Waals surface area contributed by atoms with Crippen LogP contribution in [-0.2, 0) is 9.53 Å². The standard InChI is InChI=1S/C17H26O2/c1-12(2)19-16(18)15-10-13-8-9-17(15,11-13)14-6-4-3-5-7-14/h8-9,12-15H,3-7,10-11H2,1-2H3. The minimum atomic E-state index is 0.0130. The highest BCUT2D eigenvalue weighted by molar-refractivity contribution is 5.75. The number of allylic oxidation sites excluding steroid dienone is 2. The molecular weight excluding hydrogens is 236 g/mol. The molecule has 3 aliphatic rings. The minimum absolute atomic E-state index is 0.0130. The van der Waals surface area contributed by atoms with E-state index in [0.29, 0.717) is 5.92 Å². The maximum Gasteiger partial charge on any atom is 0.310 e. The van der Waals surface area contributed by atoms with Gasteiger partial charge in [-0.15, -0.1) is 0 Å². The van der Waals surface area contributed by atoms with Gasteiger partial charge in [0.2, 0.25) is 0 Å². The van der Waals surface area contributed by atoms with Crippen molar-refractivity contribution in [1.82, 2.24) is 0 Å². The van der Waals surface area contributed by atoms with Gasteiger partial charge in [0.05, 0.1) is 12.0 Å². The Bertz CT molecular complexity index is 379. The molecule has 0 aromatic rings. The zero-order valence-corrected chi connectivity index (χ0v) is 12.2. The molecular formula is C17H26O2. The number of carbonyl (C=O) groups excluding carboxylic acids is 1. The zero-order valence-electron chi connectivity index (χ0n) is 12.2. The van der Waals surface area contributed by atoms with Gasteiger partial charge in [-0.2, -0.15) is 0 Å². The number of carbonyl (C=O) groups is 1. The van der Waals surface area contributed by atoms with Gasteiger partial charge in [0, 0.05) is 5.41 Å². The summed E-state index contributed by atoms with van der Waals surface area (Å²) in [6, 6.07) is 0. The summed E-state index contributed by atoms with van der Waals surface area (Å²) in [5, 5.41) is 0. The Morgan fingerprint density at radius 2 is 2.00 bits per heavy atom. The lowest BCUT2D eigenvalue weighted by Gasteiger charge is -2.41. The van der Waals surface area contributed by atoms with E-state index < -0.39 is 0 Å². The van der Waals surface area contributed by atoms with Crippen molar-refractivity contribution in [2.45, 2.75) is 64.9 Å². The average Bonchev–Trinajstić information content (AvgIpc) is 2.98. The normalized spacial score (nSPS) is 38.1. The fourth-order valence-electron chi connectivity index (χ4n) is 4.71. The third-order valence-electron chi connectivity index (χ3n) is 5.48. The van der Waals surface area contributed by atoms with Gasteiger partial charge in [0.1, 0.15) is 0 Å². The van der Waals surface area contributed by atoms with Gasteiger partial charge in [-0.05, 0) is 51.4 Å². The molecule has 0 spiro atoms. The lowest BCUT2D eigenvalue weighted by molar-refractivity contribution is -0.156. The zero-order chi connectivity index (χ0) is 13.5. The molecule has 0 aliphatic heterocycles. The number of esters is 1. The molecule has 2 nitrogen and oxygen atoms in total. The van der Waals surface area contributed by atoms with Crippen LogP contribution in [0.1, 0.15) is 58.8 Å². The van der Waals surface area contributed by atoms with Crippen molar-refractivity contribution >= 4 is 5.97 Å². The van der Waals surface area contributed by atoms with E-state index in [2.05, 4.69) is 12.2 Å². The van der Waals surface area contributed by atoms with Crippen molar-refractivity contribution in [2.75, 3.05) is 0 Å². The fourth-order valence-corrected chi connectivity index (χ4v) is 4.71. The largest absolute Gasteiger partial charge is 0.463 e. The molecule has 106 valence electrons. The topological polar surface area (TPSA) is 26.3 Å². The van der Waals surface area contributed by atoms with E-state index >= 15 is 0 Å². The molecule has 0 radical (unpaired) electrons. The van der Waals surface area contributed by atoms with Crippen LogP contribution < -0.4 is 0 Å². The summed E-state index contributed by atoms with van der Waals surface area (Å²) in [5.74, 6) is 1.54. The minimum Gasteiger partial charge on any atom is -0.463 e. The van der Waals surface area contributed by atoms with Gasteiger partial charge >= 0.3 is 5.97 Å². The fraction of sp³-hybridized carbons (Fsp3) is 0.824. The first-order valence-electron chi connectivity index (χ1n) is 8.01. The molecule has 0 aromatic heterocycles. The monoisotopic (exact) mass is 262 g/mol. The number of rotatable bonds is 3. The van der Waals surface area contributed by atoms with Crippen LogP contribution in [0, 0.1) is 23.2 Å². The van der Waals surface area contributed by atoms with Crippen molar-refractivity contribution < 1.29 is 9.53 Å². The van der Waals surface area contributed by atoms with Gasteiger partial charge < -0.3 is 4.74 Å².